The minimum absolute atomic E-state index is 0.0122. The average molecular weight is 298 g/mol. The van der Waals surface area contributed by atoms with Gasteiger partial charge in [-0.15, -0.1) is 0 Å². The fourth-order valence-electron chi connectivity index (χ4n) is 2.41. The van der Waals surface area contributed by atoms with E-state index >= 15 is 0 Å². The summed E-state index contributed by atoms with van der Waals surface area (Å²) in [5.41, 5.74) is 6.70. The molecule has 112 valence electrons. The SMILES string of the molecule is COC1CCCN(S(=O)(=O)c2ccc(C(C)N)cc2)C1. The Bertz CT molecular complexity index is 540. The Balaban J connectivity index is 2.21. The number of sulfonamides is 1. The molecule has 0 aromatic heterocycles. The quantitative estimate of drug-likeness (QED) is 0.914. The molecule has 1 aliphatic rings. The van der Waals surface area contributed by atoms with Crippen LogP contribution in [-0.4, -0.2) is 39.0 Å². The van der Waals surface area contributed by atoms with Gasteiger partial charge in [0.15, 0.2) is 0 Å². The maximum absolute atomic E-state index is 12.6. The van der Waals surface area contributed by atoms with Gasteiger partial charge in [0, 0.05) is 26.2 Å². The highest BCUT2D eigenvalue weighted by molar-refractivity contribution is 7.89. The molecule has 0 radical (unpaired) electrons. The molecule has 1 fully saturated rings. The van der Waals surface area contributed by atoms with Crippen LogP contribution in [0, 0.1) is 0 Å². The van der Waals surface area contributed by atoms with Gasteiger partial charge in [0.2, 0.25) is 10.0 Å². The van der Waals surface area contributed by atoms with Crippen molar-refractivity contribution in [3.8, 4) is 0 Å². The number of hydrogen-bond donors (Lipinski definition) is 1. The van der Waals surface area contributed by atoms with Crippen molar-refractivity contribution in [2.24, 2.45) is 5.73 Å². The van der Waals surface area contributed by atoms with E-state index < -0.39 is 10.0 Å². The average Bonchev–Trinajstić information content (AvgIpc) is 2.47. The van der Waals surface area contributed by atoms with Crippen LogP contribution in [0.3, 0.4) is 0 Å². The van der Waals surface area contributed by atoms with Crippen LogP contribution in [0.15, 0.2) is 29.2 Å². The Hall–Kier alpha value is -0.950. The van der Waals surface area contributed by atoms with Gasteiger partial charge in [0.1, 0.15) is 0 Å². The lowest BCUT2D eigenvalue weighted by molar-refractivity contribution is 0.0572. The molecular weight excluding hydrogens is 276 g/mol. The van der Waals surface area contributed by atoms with Crippen LogP contribution >= 0.6 is 0 Å². The third kappa shape index (κ3) is 3.20. The summed E-state index contributed by atoms with van der Waals surface area (Å²) in [6.45, 7) is 2.85. The van der Waals surface area contributed by atoms with Gasteiger partial charge >= 0.3 is 0 Å². The van der Waals surface area contributed by atoms with Gasteiger partial charge in [-0.25, -0.2) is 8.42 Å². The third-order valence-corrected chi connectivity index (χ3v) is 5.60. The van der Waals surface area contributed by atoms with Crippen molar-refractivity contribution in [2.45, 2.75) is 36.8 Å². The molecule has 1 heterocycles. The van der Waals surface area contributed by atoms with Crippen LogP contribution in [0.2, 0.25) is 0 Å². The highest BCUT2D eigenvalue weighted by Crippen LogP contribution is 2.23. The van der Waals surface area contributed by atoms with Crippen LogP contribution < -0.4 is 5.73 Å². The normalized spacial score (nSPS) is 22.6. The minimum atomic E-state index is -3.43. The summed E-state index contributed by atoms with van der Waals surface area (Å²) in [6.07, 6.45) is 1.73. The van der Waals surface area contributed by atoms with E-state index in [-0.39, 0.29) is 12.1 Å². The first-order chi connectivity index (χ1) is 9.45. The van der Waals surface area contributed by atoms with Crippen molar-refractivity contribution in [1.82, 2.24) is 4.31 Å². The lowest BCUT2D eigenvalue weighted by atomic mass is 10.1. The largest absolute Gasteiger partial charge is 0.380 e. The zero-order valence-corrected chi connectivity index (χ0v) is 12.8. The number of piperidine rings is 1. The van der Waals surface area contributed by atoms with Crippen molar-refractivity contribution < 1.29 is 13.2 Å². The maximum Gasteiger partial charge on any atom is 0.243 e. The molecule has 0 saturated carbocycles. The summed E-state index contributed by atoms with van der Waals surface area (Å²) < 4.78 is 31.9. The van der Waals surface area contributed by atoms with Gasteiger partial charge in [-0.2, -0.15) is 4.31 Å². The van der Waals surface area contributed by atoms with E-state index in [1.807, 2.05) is 6.92 Å². The first-order valence-electron chi connectivity index (χ1n) is 6.83. The van der Waals surface area contributed by atoms with Crippen LogP contribution in [0.4, 0.5) is 0 Å². The van der Waals surface area contributed by atoms with Gasteiger partial charge < -0.3 is 10.5 Å². The highest BCUT2D eigenvalue weighted by atomic mass is 32.2. The Morgan fingerprint density at radius 3 is 2.55 bits per heavy atom. The van der Waals surface area contributed by atoms with E-state index in [0.717, 1.165) is 18.4 Å². The van der Waals surface area contributed by atoms with Crippen LogP contribution in [-0.2, 0) is 14.8 Å². The monoisotopic (exact) mass is 298 g/mol. The Morgan fingerprint density at radius 2 is 2.00 bits per heavy atom. The number of hydrogen-bond acceptors (Lipinski definition) is 4. The molecule has 5 nitrogen and oxygen atoms in total. The van der Waals surface area contributed by atoms with Gasteiger partial charge in [-0.3, -0.25) is 0 Å². The second-order valence-corrected chi connectivity index (χ2v) is 7.16. The number of methoxy groups -OCH3 is 1. The molecule has 0 spiro atoms. The van der Waals surface area contributed by atoms with E-state index in [4.69, 9.17) is 10.5 Å². The number of rotatable bonds is 4. The molecule has 2 N–H and O–H groups in total. The smallest absolute Gasteiger partial charge is 0.243 e. The summed E-state index contributed by atoms with van der Waals surface area (Å²) in [4.78, 5) is 0.318. The fourth-order valence-corrected chi connectivity index (χ4v) is 3.92. The van der Waals surface area contributed by atoms with E-state index in [0.29, 0.717) is 18.0 Å². The molecule has 2 unspecified atom stereocenters. The van der Waals surface area contributed by atoms with Crippen molar-refractivity contribution in [3.05, 3.63) is 29.8 Å². The maximum atomic E-state index is 12.6. The second kappa shape index (κ2) is 6.22. The van der Waals surface area contributed by atoms with Crippen LogP contribution in [0.1, 0.15) is 31.4 Å². The molecule has 0 amide bonds. The lowest BCUT2D eigenvalue weighted by Gasteiger charge is -2.31. The molecule has 2 rings (SSSR count). The minimum Gasteiger partial charge on any atom is -0.380 e. The van der Waals surface area contributed by atoms with Gasteiger partial charge in [-0.05, 0) is 37.5 Å². The molecule has 0 aliphatic carbocycles. The Morgan fingerprint density at radius 1 is 1.35 bits per heavy atom. The second-order valence-electron chi connectivity index (χ2n) is 5.22. The van der Waals surface area contributed by atoms with E-state index in [1.165, 1.54) is 4.31 Å². The van der Waals surface area contributed by atoms with E-state index in [2.05, 4.69) is 0 Å². The van der Waals surface area contributed by atoms with Crippen molar-refractivity contribution in [3.63, 3.8) is 0 Å². The van der Waals surface area contributed by atoms with Crippen LogP contribution in [0.5, 0.6) is 0 Å². The summed E-state index contributed by atoms with van der Waals surface area (Å²) in [6, 6.07) is 6.71. The zero-order chi connectivity index (χ0) is 14.8. The molecule has 20 heavy (non-hydrogen) atoms. The highest BCUT2D eigenvalue weighted by Gasteiger charge is 2.30. The first kappa shape index (κ1) is 15.4. The molecule has 0 bridgehead atoms. The summed E-state index contributed by atoms with van der Waals surface area (Å²) in [5.74, 6) is 0. The van der Waals surface area contributed by atoms with Crippen molar-refractivity contribution in [2.75, 3.05) is 20.2 Å². The molecule has 1 saturated heterocycles. The summed E-state index contributed by atoms with van der Waals surface area (Å²) >= 11 is 0. The van der Waals surface area contributed by atoms with Gasteiger partial charge in [0.05, 0.1) is 11.0 Å². The Labute approximate surface area is 120 Å². The molecule has 1 aromatic carbocycles. The summed E-state index contributed by atoms with van der Waals surface area (Å²) in [7, 11) is -1.81. The predicted octanol–water partition coefficient (Wildman–Crippen LogP) is 1.51. The number of ether oxygens (including phenoxy) is 1. The van der Waals surface area contributed by atoms with E-state index in [1.54, 1.807) is 31.4 Å². The first-order valence-corrected chi connectivity index (χ1v) is 8.27. The number of nitrogens with zero attached hydrogens (tertiary/aromatic N) is 1. The Kier molecular flexibility index (Phi) is 4.80. The van der Waals surface area contributed by atoms with E-state index in [9.17, 15) is 8.42 Å². The fraction of sp³-hybridized carbons (Fsp3) is 0.571. The van der Waals surface area contributed by atoms with Crippen molar-refractivity contribution in [1.29, 1.82) is 0 Å². The molecule has 6 heteroatoms. The molecule has 2 atom stereocenters. The molecule has 1 aromatic rings. The topological polar surface area (TPSA) is 72.6 Å². The predicted molar refractivity (Wildman–Crippen MR) is 77.8 cm³/mol. The molecular formula is C14H22N2O3S. The van der Waals surface area contributed by atoms with Gasteiger partial charge in [-0.1, -0.05) is 12.1 Å². The number of benzene rings is 1. The van der Waals surface area contributed by atoms with Crippen LogP contribution in [0.25, 0.3) is 0 Å². The lowest BCUT2D eigenvalue weighted by Crippen LogP contribution is -2.42. The third-order valence-electron chi connectivity index (χ3n) is 3.72. The van der Waals surface area contributed by atoms with Gasteiger partial charge in [0.25, 0.3) is 0 Å². The van der Waals surface area contributed by atoms with Crippen molar-refractivity contribution >= 4 is 10.0 Å². The number of nitrogens with two attached hydrogens (primary N) is 1. The molecule has 1 aliphatic heterocycles. The summed E-state index contributed by atoms with van der Waals surface area (Å²) in [5, 5.41) is 0. The standard InChI is InChI=1S/C14H22N2O3S/c1-11(15)12-5-7-14(8-6-12)20(17,18)16-9-3-4-13(10-16)19-2/h5-8,11,13H,3-4,9-10,15H2,1-2H3. The zero-order valence-electron chi connectivity index (χ0n) is 12.0.